The Balaban J connectivity index is 1.41. The van der Waals surface area contributed by atoms with Crippen LogP contribution in [0.5, 0.6) is 5.75 Å². The average Bonchev–Trinajstić information content (AvgIpc) is 3.18. The molecule has 2 aliphatic carbocycles. The number of rotatable bonds is 3. The third kappa shape index (κ3) is 3.09. The van der Waals surface area contributed by atoms with E-state index in [0.29, 0.717) is 17.7 Å². The van der Waals surface area contributed by atoms with Crippen LogP contribution in [0.25, 0.3) is 11.1 Å². The van der Waals surface area contributed by atoms with Crippen molar-refractivity contribution in [1.29, 1.82) is 0 Å². The molecule has 2 saturated carbocycles. The predicted molar refractivity (Wildman–Crippen MR) is 90.3 cm³/mol. The molecule has 0 saturated heterocycles. The van der Waals surface area contributed by atoms with Crippen molar-refractivity contribution in [3.63, 3.8) is 0 Å². The van der Waals surface area contributed by atoms with Gasteiger partial charge in [-0.05, 0) is 54.4 Å². The molecule has 0 aromatic heterocycles. The average molecular weight is 307 g/mol. The number of carbonyl (C=O) groups excluding carboxylic acids is 1. The zero-order valence-electron chi connectivity index (χ0n) is 13.1. The van der Waals surface area contributed by atoms with Gasteiger partial charge < -0.3 is 10.1 Å². The van der Waals surface area contributed by atoms with E-state index in [1.807, 2.05) is 42.5 Å². The summed E-state index contributed by atoms with van der Waals surface area (Å²) in [6.45, 7) is 0. The first-order chi connectivity index (χ1) is 11.3. The van der Waals surface area contributed by atoms with Crippen molar-refractivity contribution in [2.45, 2.75) is 31.7 Å². The van der Waals surface area contributed by atoms with Gasteiger partial charge in [-0.25, -0.2) is 4.79 Å². The molecule has 3 heteroatoms. The minimum absolute atomic E-state index is 0.304. The Kier molecular flexibility index (Phi) is 3.78. The maximum Gasteiger partial charge on any atom is 0.412 e. The molecule has 2 bridgehead atoms. The maximum atomic E-state index is 12.2. The van der Waals surface area contributed by atoms with Crippen LogP contribution >= 0.6 is 0 Å². The van der Waals surface area contributed by atoms with Gasteiger partial charge in [-0.1, -0.05) is 48.9 Å². The normalized spacial score (nSPS) is 25.3. The van der Waals surface area contributed by atoms with Crippen molar-refractivity contribution >= 4 is 6.09 Å². The molecule has 2 aliphatic rings. The Morgan fingerprint density at radius 2 is 1.78 bits per heavy atom. The van der Waals surface area contributed by atoms with Crippen LogP contribution in [0, 0.1) is 11.8 Å². The minimum atomic E-state index is -0.326. The number of ether oxygens (including phenoxy) is 1. The van der Waals surface area contributed by atoms with Crippen molar-refractivity contribution in [2.75, 3.05) is 0 Å². The van der Waals surface area contributed by atoms with Gasteiger partial charge in [-0.3, -0.25) is 0 Å². The van der Waals surface area contributed by atoms with E-state index < -0.39 is 0 Å². The van der Waals surface area contributed by atoms with Crippen molar-refractivity contribution in [2.24, 2.45) is 11.8 Å². The van der Waals surface area contributed by atoms with Crippen LogP contribution in [0.15, 0.2) is 54.6 Å². The summed E-state index contributed by atoms with van der Waals surface area (Å²) in [6.07, 6.45) is 4.64. The summed E-state index contributed by atoms with van der Waals surface area (Å²) >= 11 is 0. The smallest absolute Gasteiger partial charge is 0.410 e. The number of fused-ring (bicyclic) bond motifs is 2. The molecule has 3 atom stereocenters. The largest absolute Gasteiger partial charge is 0.412 e. The van der Waals surface area contributed by atoms with Crippen molar-refractivity contribution < 1.29 is 9.53 Å². The third-order valence-electron chi connectivity index (χ3n) is 5.19. The summed E-state index contributed by atoms with van der Waals surface area (Å²) in [7, 11) is 0. The molecule has 0 aliphatic heterocycles. The second-order valence-electron chi connectivity index (χ2n) is 6.71. The van der Waals surface area contributed by atoms with E-state index in [1.165, 1.54) is 19.3 Å². The Morgan fingerprint density at radius 3 is 2.52 bits per heavy atom. The zero-order valence-corrected chi connectivity index (χ0v) is 13.1. The highest BCUT2D eigenvalue weighted by molar-refractivity contribution is 5.72. The van der Waals surface area contributed by atoms with Gasteiger partial charge >= 0.3 is 6.09 Å². The fourth-order valence-corrected chi connectivity index (χ4v) is 4.08. The molecule has 2 aromatic rings. The Bertz CT molecular complexity index is 698. The fraction of sp³-hybridized carbons (Fsp3) is 0.350. The standard InChI is InChI=1S/C20H21NO2/c22-20(21-19-12-14-9-10-17(19)11-14)23-18-8-4-7-16(13-18)15-5-2-1-3-6-15/h1-8,13-14,17,19H,9-12H2,(H,21,22)/t14-,17+,19+/m1/s1. The summed E-state index contributed by atoms with van der Waals surface area (Å²) in [5, 5.41) is 3.06. The summed E-state index contributed by atoms with van der Waals surface area (Å²) in [6, 6.07) is 18.1. The van der Waals surface area contributed by atoms with E-state index in [9.17, 15) is 4.79 Å². The van der Waals surface area contributed by atoms with Gasteiger partial charge in [0, 0.05) is 6.04 Å². The highest BCUT2D eigenvalue weighted by Gasteiger charge is 2.40. The van der Waals surface area contributed by atoms with E-state index in [1.54, 1.807) is 0 Å². The highest BCUT2D eigenvalue weighted by Crippen LogP contribution is 2.44. The summed E-state index contributed by atoms with van der Waals surface area (Å²) in [5.41, 5.74) is 2.17. The summed E-state index contributed by atoms with van der Waals surface area (Å²) in [4.78, 5) is 12.2. The molecule has 0 unspecified atom stereocenters. The Morgan fingerprint density at radius 1 is 0.957 bits per heavy atom. The lowest BCUT2D eigenvalue weighted by molar-refractivity contribution is 0.190. The number of amides is 1. The van der Waals surface area contributed by atoms with E-state index in [0.717, 1.165) is 23.5 Å². The first-order valence-corrected chi connectivity index (χ1v) is 8.42. The third-order valence-corrected chi connectivity index (χ3v) is 5.19. The first kappa shape index (κ1) is 14.3. The van der Waals surface area contributed by atoms with Gasteiger partial charge in [0.25, 0.3) is 0 Å². The van der Waals surface area contributed by atoms with Gasteiger partial charge in [0.05, 0.1) is 0 Å². The number of hydrogen-bond acceptors (Lipinski definition) is 2. The van der Waals surface area contributed by atoms with Gasteiger partial charge in [-0.2, -0.15) is 0 Å². The van der Waals surface area contributed by atoms with Crippen LogP contribution in [-0.4, -0.2) is 12.1 Å². The molecule has 3 nitrogen and oxygen atoms in total. The molecule has 2 aromatic carbocycles. The van der Waals surface area contributed by atoms with E-state index >= 15 is 0 Å². The molecular formula is C20H21NO2. The summed E-state index contributed by atoms with van der Waals surface area (Å²) < 4.78 is 5.50. The lowest BCUT2D eigenvalue weighted by atomic mass is 9.96. The van der Waals surface area contributed by atoms with Crippen molar-refractivity contribution in [1.82, 2.24) is 5.32 Å². The molecular weight excluding hydrogens is 286 g/mol. The second kappa shape index (κ2) is 6.07. The maximum absolute atomic E-state index is 12.2. The molecule has 0 radical (unpaired) electrons. The highest BCUT2D eigenvalue weighted by atomic mass is 16.6. The second-order valence-corrected chi connectivity index (χ2v) is 6.71. The summed E-state index contributed by atoms with van der Waals surface area (Å²) in [5.74, 6) is 2.06. The van der Waals surface area contributed by atoms with Gasteiger partial charge in [0.2, 0.25) is 0 Å². The zero-order chi connectivity index (χ0) is 15.6. The van der Waals surface area contributed by atoms with Crippen LogP contribution in [0.3, 0.4) is 0 Å². The van der Waals surface area contributed by atoms with E-state index in [4.69, 9.17) is 4.74 Å². The molecule has 0 heterocycles. The lowest BCUT2D eigenvalue weighted by Crippen LogP contribution is -2.40. The van der Waals surface area contributed by atoms with Gasteiger partial charge in [-0.15, -0.1) is 0 Å². The van der Waals surface area contributed by atoms with Crippen LogP contribution in [0.2, 0.25) is 0 Å². The van der Waals surface area contributed by atoms with Gasteiger partial charge in [0.15, 0.2) is 0 Å². The van der Waals surface area contributed by atoms with Crippen molar-refractivity contribution in [3.05, 3.63) is 54.6 Å². The topological polar surface area (TPSA) is 38.3 Å². The molecule has 23 heavy (non-hydrogen) atoms. The Hall–Kier alpha value is -2.29. The SMILES string of the molecule is O=C(N[C@H]1C[C@@H]2CC[C@H]1C2)Oc1cccc(-c2ccccc2)c1. The van der Waals surface area contributed by atoms with Crippen LogP contribution in [0.4, 0.5) is 4.79 Å². The van der Waals surface area contributed by atoms with Crippen LogP contribution in [0.1, 0.15) is 25.7 Å². The quantitative estimate of drug-likeness (QED) is 0.897. The van der Waals surface area contributed by atoms with Gasteiger partial charge in [0.1, 0.15) is 5.75 Å². The van der Waals surface area contributed by atoms with E-state index in [-0.39, 0.29) is 6.09 Å². The number of benzene rings is 2. The molecule has 0 spiro atoms. The minimum Gasteiger partial charge on any atom is -0.410 e. The monoisotopic (exact) mass is 307 g/mol. The van der Waals surface area contributed by atoms with Crippen LogP contribution < -0.4 is 10.1 Å². The Labute approximate surface area is 136 Å². The van der Waals surface area contributed by atoms with Crippen molar-refractivity contribution in [3.8, 4) is 16.9 Å². The van der Waals surface area contributed by atoms with E-state index in [2.05, 4.69) is 17.4 Å². The predicted octanol–water partition coefficient (Wildman–Crippen LogP) is 4.63. The fourth-order valence-electron chi connectivity index (χ4n) is 4.08. The molecule has 4 rings (SSSR count). The molecule has 1 N–H and O–H groups in total. The number of nitrogens with one attached hydrogen (secondary N) is 1. The lowest BCUT2D eigenvalue weighted by Gasteiger charge is -2.22. The molecule has 2 fully saturated rings. The first-order valence-electron chi connectivity index (χ1n) is 8.42. The number of hydrogen-bond donors (Lipinski definition) is 1. The molecule has 1 amide bonds. The molecule has 118 valence electrons. The number of carbonyl (C=O) groups is 1. The van der Waals surface area contributed by atoms with Crippen LogP contribution in [-0.2, 0) is 0 Å².